The molecule has 0 unspecified atom stereocenters. The van der Waals surface area contributed by atoms with Gasteiger partial charge in [0, 0.05) is 0 Å². The fourth-order valence-corrected chi connectivity index (χ4v) is 6.38. The fourth-order valence-electron chi connectivity index (χ4n) is 6.38. The van der Waals surface area contributed by atoms with Crippen molar-refractivity contribution in [2.24, 2.45) is 23.7 Å². The minimum atomic E-state index is 0.513. The van der Waals surface area contributed by atoms with Crippen LogP contribution in [0.15, 0.2) is 48.5 Å². The van der Waals surface area contributed by atoms with Gasteiger partial charge in [-0.1, -0.05) is 42.5 Å². The third-order valence-electron chi connectivity index (χ3n) is 7.25. The Morgan fingerprint density at radius 1 is 0.885 bits per heavy atom. The van der Waals surface area contributed by atoms with Crippen LogP contribution in [0.25, 0.3) is 11.6 Å². The Morgan fingerprint density at radius 2 is 1.54 bits per heavy atom. The number of hydrogen-bond donors (Lipinski definition) is 1. The van der Waals surface area contributed by atoms with Crippen LogP contribution in [-0.4, -0.2) is 5.11 Å². The Labute approximate surface area is 156 Å². The van der Waals surface area contributed by atoms with E-state index >= 15 is 0 Å². The van der Waals surface area contributed by atoms with Gasteiger partial charge in [0.2, 0.25) is 0 Å². The smallest absolute Gasteiger partial charge is 0.119 e. The predicted octanol–water partition coefficient (Wildman–Crippen LogP) is 6.49. The maximum absolute atomic E-state index is 10.7. The molecule has 2 aromatic rings. The van der Waals surface area contributed by atoms with Crippen LogP contribution >= 0.6 is 0 Å². The second-order valence-electron chi connectivity index (χ2n) is 8.97. The normalized spacial score (nSPS) is 32.8. The molecule has 6 rings (SSSR count). The first-order valence-corrected chi connectivity index (χ1v) is 10.2. The van der Waals surface area contributed by atoms with E-state index in [0.717, 1.165) is 23.7 Å². The van der Waals surface area contributed by atoms with Crippen LogP contribution in [0.3, 0.4) is 0 Å². The average molecular weight is 344 g/mol. The SMILES string of the molecule is C/C(=C\c1ccccc1)c1ccc(O)c(C2C3CC4CC(C3)CC2C4)c1. The quantitative estimate of drug-likeness (QED) is 0.631. The number of rotatable bonds is 3. The lowest BCUT2D eigenvalue weighted by molar-refractivity contribution is -0.00347. The average Bonchev–Trinajstić information content (AvgIpc) is 2.63. The number of allylic oxidation sites excluding steroid dienone is 1. The van der Waals surface area contributed by atoms with Gasteiger partial charge in [-0.05, 0) is 103 Å². The van der Waals surface area contributed by atoms with Gasteiger partial charge in [0.05, 0.1) is 0 Å². The van der Waals surface area contributed by atoms with Gasteiger partial charge in [-0.25, -0.2) is 0 Å². The van der Waals surface area contributed by atoms with Crippen molar-refractivity contribution in [2.75, 3.05) is 0 Å². The molecule has 26 heavy (non-hydrogen) atoms. The maximum Gasteiger partial charge on any atom is 0.119 e. The van der Waals surface area contributed by atoms with E-state index in [0.29, 0.717) is 11.7 Å². The van der Waals surface area contributed by atoms with Crippen LogP contribution in [0.1, 0.15) is 61.6 Å². The van der Waals surface area contributed by atoms with E-state index in [1.165, 1.54) is 54.4 Å². The van der Waals surface area contributed by atoms with Crippen molar-refractivity contribution < 1.29 is 5.11 Å². The molecule has 0 amide bonds. The van der Waals surface area contributed by atoms with Gasteiger partial charge in [0.15, 0.2) is 0 Å². The van der Waals surface area contributed by atoms with Gasteiger partial charge in [0.25, 0.3) is 0 Å². The Hall–Kier alpha value is -2.02. The van der Waals surface area contributed by atoms with Crippen LogP contribution in [0, 0.1) is 23.7 Å². The van der Waals surface area contributed by atoms with Gasteiger partial charge >= 0.3 is 0 Å². The first-order valence-electron chi connectivity index (χ1n) is 10.2. The van der Waals surface area contributed by atoms with Gasteiger partial charge in [-0.3, -0.25) is 0 Å². The Bertz CT molecular complexity index is 804. The van der Waals surface area contributed by atoms with Crippen molar-refractivity contribution in [3.05, 3.63) is 65.2 Å². The summed E-state index contributed by atoms with van der Waals surface area (Å²) in [6.07, 6.45) is 9.28. The van der Waals surface area contributed by atoms with E-state index in [4.69, 9.17) is 0 Å². The first kappa shape index (κ1) is 16.2. The largest absolute Gasteiger partial charge is 0.508 e. The lowest BCUT2D eigenvalue weighted by atomic mass is 9.50. The molecule has 0 heterocycles. The monoisotopic (exact) mass is 344 g/mol. The highest BCUT2D eigenvalue weighted by atomic mass is 16.3. The zero-order valence-corrected chi connectivity index (χ0v) is 15.6. The summed E-state index contributed by atoms with van der Waals surface area (Å²) in [5, 5.41) is 10.7. The second-order valence-corrected chi connectivity index (χ2v) is 8.97. The molecule has 0 atom stereocenters. The summed E-state index contributed by atoms with van der Waals surface area (Å²) >= 11 is 0. The molecule has 1 nitrogen and oxygen atoms in total. The first-order chi connectivity index (χ1) is 12.7. The van der Waals surface area contributed by atoms with Gasteiger partial charge in [0.1, 0.15) is 5.75 Å². The van der Waals surface area contributed by atoms with Crippen molar-refractivity contribution in [1.82, 2.24) is 0 Å². The van der Waals surface area contributed by atoms with Gasteiger partial charge in [-0.2, -0.15) is 0 Å². The molecule has 4 bridgehead atoms. The summed E-state index contributed by atoms with van der Waals surface area (Å²) in [5.41, 5.74) is 4.96. The third-order valence-corrected chi connectivity index (χ3v) is 7.25. The van der Waals surface area contributed by atoms with Gasteiger partial charge in [-0.15, -0.1) is 0 Å². The lowest BCUT2D eigenvalue weighted by Crippen LogP contribution is -2.43. The van der Waals surface area contributed by atoms with Crippen LogP contribution in [0.4, 0.5) is 0 Å². The predicted molar refractivity (Wildman–Crippen MR) is 108 cm³/mol. The molecule has 0 aromatic heterocycles. The molecule has 134 valence electrons. The third kappa shape index (κ3) is 2.78. The zero-order chi connectivity index (χ0) is 17.7. The molecule has 4 fully saturated rings. The fraction of sp³-hybridized carbons (Fsp3) is 0.440. The summed E-state index contributed by atoms with van der Waals surface area (Å²) < 4.78 is 0. The molecule has 0 aliphatic heterocycles. The molecule has 4 saturated carbocycles. The van der Waals surface area contributed by atoms with E-state index in [1.807, 2.05) is 6.07 Å². The van der Waals surface area contributed by atoms with Crippen molar-refractivity contribution >= 4 is 11.6 Å². The lowest BCUT2D eigenvalue weighted by Gasteiger charge is -2.54. The standard InChI is InChI=1S/C25H28O/c1-16(9-17-5-3-2-4-6-17)20-7-8-24(26)23(15-20)25-21-11-18-10-19(13-21)14-22(25)12-18/h2-9,15,18-19,21-22,25-26H,10-14H2,1H3/b16-9+. The molecule has 1 heteroatoms. The molecule has 1 N–H and O–H groups in total. The Balaban J connectivity index is 1.49. The van der Waals surface area contributed by atoms with Gasteiger partial charge < -0.3 is 5.11 Å². The van der Waals surface area contributed by atoms with Crippen molar-refractivity contribution in [3.8, 4) is 5.75 Å². The number of phenolic OH excluding ortho intramolecular Hbond substituents is 1. The Kier molecular flexibility index (Phi) is 3.92. The van der Waals surface area contributed by atoms with Crippen molar-refractivity contribution in [3.63, 3.8) is 0 Å². The molecule has 4 aliphatic rings. The summed E-state index contributed by atoms with van der Waals surface area (Å²) in [4.78, 5) is 0. The number of hydrogen-bond acceptors (Lipinski definition) is 1. The number of aromatic hydroxyl groups is 1. The zero-order valence-electron chi connectivity index (χ0n) is 15.6. The van der Waals surface area contributed by atoms with Crippen LogP contribution in [0.5, 0.6) is 5.75 Å². The van der Waals surface area contributed by atoms with Crippen molar-refractivity contribution in [2.45, 2.75) is 44.9 Å². The van der Waals surface area contributed by atoms with Crippen LogP contribution in [0.2, 0.25) is 0 Å². The van der Waals surface area contributed by atoms with Crippen LogP contribution < -0.4 is 0 Å². The van der Waals surface area contributed by atoms with Crippen LogP contribution in [-0.2, 0) is 0 Å². The topological polar surface area (TPSA) is 20.2 Å². The van der Waals surface area contributed by atoms with Crippen molar-refractivity contribution in [1.29, 1.82) is 0 Å². The molecule has 0 spiro atoms. The second kappa shape index (κ2) is 6.30. The minimum absolute atomic E-state index is 0.513. The van der Waals surface area contributed by atoms with E-state index < -0.39 is 0 Å². The Morgan fingerprint density at radius 3 is 2.19 bits per heavy atom. The highest BCUT2D eigenvalue weighted by molar-refractivity contribution is 5.80. The summed E-state index contributed by atoms with van der Waals surface area (Å²) in [5.74, 6) is 4.63. The van der Waals surface area contributed by atoms with E-state index in [1.54, 1.807) is 0 Å². The number of phenols is 1. The molecule has 0 saturated heterocycles. The molecular formula is C25H28O. The number of benzene rings is 2. The summed E-state index contributed by atoms with van der Waals surface area (Å²) in [7, 11) is 0. The molecular weight excluding hydrogens is 316 g/mol. The summed E-state index contributed by atoms with van der Waals surface area (Å²) in [6, 6.07) is 16.8. The molecule has 4 aliphatic carbocycles. The summed E-state index contributed by atoms with van der Waals surface area (Å²) in [6.45, 7) is 2.18. The highest BCUT2D eigenvalue weighted by Crippen LogP contribution is 2.60. The molecule has 0 radical (unpaired) electrons. The van der Waals surface area contributed by atoms with E-state index in [2.05, 4.69) is 55.5 Å². The minimum Gasteiger partial charge on any atom is -0.508 e. The van der Waals surface area contributed by atoms with E-state index in [-0.39, 0.29) is 0 Å². The van der Waals surface area contributed by atoms with E-state index in [9.17, 15) is 5.11 Å². The molecule has 2 aromatic carbocycles. The maximum atomic E-state index is 10.7. The highest BCUT2D eigenvalue weighted by Gasteiger charge is 2.49.